The average Bonchev–Trinajstić information content (AvgIpc) is 2.92. The Morgan fingerprint density at radius 3 is 2.50 bits per heavy atom. The van der Waals surface area contributed by atoms with Crippen LogP contribution in [0.15, 0.2) is 18.2 Å². The second kappa shape index (κ2) is 7.40. The van der Waals surface area contributed by atoms with Gasteiger partial charge in [0.25, 0.3) is 0 Å². The molecule has 0 saturated carbocycles. The van der Waals surface area contributed by atoms with Crippen molar-refractivity contribution in [3.05, 3.63) is 34.9 Å². The summed E-state index contributed by atoms with van der Waals surface area (Å²) in [5.74, 6) is -0.669. The molecule has 2 amide bonds. The third kappa shape index (κ3) is 5.10. The second-order valence-corrected chi connectivity index (χ2v) is 5.83. The summed E-state index contributed by atoms with van der Waals surface area (Å²) in [5.41, 5.74) is 0.413. The van der Waals surface area contributed by atoms with Crippen LogP contribution >= 0.6 is 0 Å². The van der Waals surface area contributed by atoms with Crippen molar-refractivity contribution in [2.45, 2.75) is 38.8 Å². The first kappa shape index (κ1) is 18.5. The minimum absolute atomic E-state index is 0.153. The molecule has 1 aromatic rings. The van der Waals surface area contributed by atoms with E-state index in [0.717, 1.165) is 12.1 Å². The summed E-state index contributed by atoms with van der Waals surface area (Å²) in [6.45, 7) is 4.99. The van der Waals surface area contributed by atoms with Crippen LogP contribution in [0.5, 0.6) is 0 Å². The quantitative estimate of drug-likeness (QED) is 0.862. The smallest absolute Gasteiger partial charge is 0.348 e. The van der Waals surface area contributed by atoms with E-state index in [4.69, 9.17) is 9.47 Å². The van der Waals surface area contributed by atoms with Crippen molar-refractivity contribution in [3.63, 3.8) is 0 Å². The SMILES string of the molecule is Cc1cc(C(F)(F)F)ccc1CNC(=O)NCCC1(C)OCCO1. The Kier molecular flexibility index (Phi) is 5.71. The molecule has 1 fully saturated rings. The number of carbonyl (C=O) groups is 1. The van der Waals surface area contributed by atoms with Gasteiger partial charge in [0.15, 0.2) is 5.79 Å². The summed E-state index contributed by atoms with van der Waals surface area (Å²) >= 11 is 0. The first-order chi connectivity index (χ1) is 11.2. The van der Waals surface area contributed by atoms with Crippen LogP contribution in [0.25, 0.3) is 0 Å². The van der Waals surface area contributed by atoms with Gasteiger partial charge in [-0.25, -0.2) is 4.79 Å². The van der Waals surface area contributed by atoms with Crippen molar-refractivity contribution in [1.29, 1.82) is 0 Å². The first-order valence-corrected chi connectivity index (χ1v) is 7.66. The van der Waals surface area contributed by atoms with E-state index in [1.165, 1.54) is 6.07 Å². The van der Waals surface area contributed by atoms with E-state index in [9.17, 15) is 18.0 Å². The summed E-state index contributed by atoms with van der Waals surface area (Å²) in [5, 5.41) is 5.29. The summed E-state index contributed by atoms with van der Waals surface area (Å²) in [7, 11) is 0. The van der Waals surface area contributed by atoms with Gasteiger partial charge < -0.3 is 20.1 Å². The van der Waals surface area contributed by atoms with Gasteiger partial charge >= 0.3 is 12.2 Å². The Bertz CT molecular complexity index is 584. The zero-order valence-electron chi connectivity index (χ0n) is 13.6. The van der Waals surface area contributed by atoms with Gasteiger partial charge in [0, 0.05) is 19.5 Å². The largest absolute Gasteiger partial charge is 0.416 e. The van der Waals surface area contributed by atoms with E-state index in [1.807, 2.05) is 6.92 Å². The Balaban J connectivity index is 1.77. The van der Waals surface area contributed by atoms with Gasteiger partial charge in [-0.2, -0.15) is 13.2 Å². The van der Waals surface area contributed by atoms with Crippen molar-refractivity contribution in [1.82, 2.24) is 10.6 Å². The van der Waals surface area contributed by atoms with E-state index < -0.39 is 23.6 Å². The molecule has 1 aromatic carbocycles. The minimum atomic E-state index is -4.37. The van der Waals surface area contributed by atoms with Gasteiger partial charge in [-0.05, 0) is 37.1 Å². The molecule has 1 heterocycles. The molecule has 0 atom stereocenters. The number of alkyl halides is 3. The number of aryl methyl sites for hydroxylation is 1. The Labute approximate surface area is 138 Å². The van der Waals surface area contributed by atoms with Crippen molar-refractivity contribution >= 4 is 6.03 Å². The van der Waals surface area contributed by atoms with Gasteiger partial charge in [-0.15, -0.1) is 0 Å². The summed E-state index contributed by atoms with van der Waals surface area (Å²) in [4.78, 5) is 11.7. The highest BCUT2D eigenvalue weighted by Crippen LogP contribution is 2.30. The molecule has 134 valence electrons. The molecule has 2 rings (SSSR count). The number of benzene rings is 1. The molecule has 0 radical (unpaired) electrons. The maximum atomic E-state index is 12.6. The molecular formula is C16H21F3N2O3. The molecule has 1 saturated heterocycles. The molecule has 0 bridgehead atoms. The van der Waals surface area contributed by atoms with E-state index in [1.54, 1.807) is 6.92 Å². The lowest BCUT2D eigenvalue weighted by Crippen LogP contribution is -2.39. The third-order valence-electron chi connectivity index (χ3n) is 3.87. The van der Waals surface area contributed by atoms with Crippen molar-refractivity contribution in [2.75, 3.05) is 19.8 Å². The summed E-state index contributed by atoms with van der Waals surface area (Å²) < 4.78 is 48.7. The van der Waals surface area contributed by atoms with Gasteiger partial charge in [-0.1, -0.05) is 6.07 Å². The normalized spacial score (nSPS) is 16.9. The number of hydrogen-bond donors (Lipinski definition) is 2. The molecule has 1 aliphatic rings. The fourth-order valence-electron chi connectivity index (χ4n) is 2.41. The molecule has 1 aliphatic heterocycles. The Morgan fingerprint density at radius 2 is 1.92 bits per heavy atom. The number of carbonyl (C=O) groups excluding carboxylic acids is 1. The maximum Gasteiger partial charge on any atom is 0.416 e. The lowest BCUT2D eigenvalue weighted by Gasteiger charge is -2.22. The molecule has 0 unspecified atom stereocenters. The molecule has 5 nitrogen and oxygen atoms in total. The van der Waals surface area contributed by atoms with Crippen LogP contribution in [-0.4, -0.2) is 31.6 Å². The highest BCUT2D eigenvalue weighted by molar-refractivity contribution is 5.73. The van der Waals surface area contributed by atoms with Gasteiger partial charge in [0.1, 0.15) is 0 Å². The van der Waals surface area contributed by atoms with Crippen LogP contribution in [0.2, 0.25) is 0 Å². The molecule has 0 spiro atoms. The predicted molar refractivity (Wildman–Crippen MR) is 81.3 cm³/mol. The van der Waals surface area contributed by atoms with E-state index in [0.29, 0.717) is 37.3 Å². The Hall–Kier alpha value is -1.80. The lowest BCUT2D eigenvalue weighted by molar-refractivity contribution is -0.145. The van der Waals surface area contributed by atoms with Crippen LogP contribution in [0.1, 0.15) is 30.0 Å². The number of urea groups is 1. The highest BCUT2D eigenvalue weighted by atomic mass is 19.4. The Morgan fingerprint density at radius 1 is 1.25 bits per heavy atom. The number of hydrogen-bond acceptors (Lipinski definition) is 3. The fourth-order valence-corrected chi connectivity index (χ4v) is 2.41. The first-order valence-electron chi connectivity index (χ1n) is 7.66. The monoisotopic (exact) mass is 346 g/mol. The molecule has 0 aromatic heterocycles. The molecule has 8 heteroatoms. The number of ether oxygens (including phenoxy) is 2. The fraction of sp³-hybridized carbons (Fsp3) is 0.562. The van der Waals surface area contributed by atoms with Crippen LogP contribution in [-0.2, 0) is 22.2 Å². The molecule has 0 aliphatic carbocycles. The van der Waals surface area contributed by atoms with Crippen LogP contribution in [0.3, 0.4) is 0 Å². The van der Waals surface area contributed by atoms with Gasteiger partial charge in [-0.3, -0.25) is 0 Å². The van der Waals surface area contributed by atoms with Crippen molar-refractivity contribution < 1.29 is 27.4 Å². The third-order valence-corrected chi connectivity index (χ3v) is 3.87. The van der Waals surface area contributed by atoms with E-state index in [-0.39, 0.29) is 6.54 Å². The number of nitrogens with one attached hydrogen (secondary N) is 2. The van der Waals surface area contributed by atoms with E-state index >= 15 is 0 Å². The number of halogens is 3. The van der Waals surface area contributed by atoms with Crippen LogP contribution in [0, 0.1) is 6.92 Å². The van der Waals surface area contributed by atoms with E-state index in [2.05, 4.69) is 10.6 Å². The van der Waals surface area contributed by atoms with Gasteiger partial charge in [0.05, 0.1) is 18.8 Å². The van der Waals surface area contributed by atoms with Crippen LogP contribution in [0.4, 0.5) is 18.0 Å². The zero-order valence-corrected chi connectivity index (χ0v) is 13.6. The molecular weight excluding hydrogens is 325 g/mol. The summed E-state index contributed by atoms with van der Waals surface area (Å²) in [6, 6.07) is 3.07. The second-order valence-electron chi connectivity index (χ2n) is 5.83. The number of amides is 2. The van der Waals surface area contributed by atoms with Crippen molar-refractivity contribution in [2.24, 2.45) is 0 Å². The molecule has 24 heavy (non-hydrogen) atoms. The lowest BCUT2D eigenvalue weighted by atomic mass is 10.0. The number of rotatable bonds is 5. The molecule has 2 N–H and O–H groups in total. The predicted octanol–water partition coefficient (Wildman–Crippen LogP) is 2.97. The van der Waals surface area contributed by atoms with Crippen molar-refractivity contribution in [3.8, 4) is 0 Å². The van der Waals surface area contributed by atoms with Crippen LogP contribution < -0.4 is 10.6 Å². The maximum absolute atomic E-state index is 12.6. The van der Waals surface area contributed by atoms with Gasteiger partial charge in [0.2, 0.25) is 0 Å². The highest BCUT2D eigenvalue weighted by Gasteiger charge is 2.31. The summed E-state index contributed by atoms with van der Waals surface area (Å²) in [6.07, 6.45) is -3.85. The standard InChI is InChI=1S/C16H21F3N2O3/c1-11-9-13(16(17,18)19)4-3-12(11)10-21-14(22)20-6-5-15(2)23-7-8-24-15/h3-4,9H,5-8,10H2,1-2H3,(H2,20,21,22). The average molecular weight is 346 g/mol. The zero-order chi connectivity index (χ0) is 17.8. The minimum Gasteiger partial charge on any atom is -0.348 e. The topological polar surface area (TPSA) is 59.6 Å².